The maximum atomic E-state index is 12.4. The molecule has 1 unspecified atom stereocenters. The molecule has 1 aromatic heterocycles. The van der Waals surface area contributed by atoms with E-state index in [-0.39, 0.29) is 17.9 Å². The Morgan fingerprint density at radius 3 is 2.46 bits per heavy atom. The molecule has 0 aliphatic carbocycles. The van der Waals surface area contributed by atoms with Gasteiger partial charge in [-0.3, -0.25) is 9.59 Å². The summed E-state index contributed by atoms with van der Waals surface area (Å²) in [5.41, 5.74) is 2.27. The van der Waals surface area contributed by atoms with Crippen LogP contribution in [0.15, 0.2) is 48.5 Å². The van der Waals surface area contributed by atoms with Crippen LogP contribution in [-0.4, -0.2) is 49.4 Å². The largest absolute Gasteiger partial charge is 0.345 e. The van der Waals surface area contributed by atoms with E-state index >= 15 is 0 Å². The fourth-order valence-electron chi connectivity index (χ4n) is 2.85. The molecule has 0 aliphatic heterocycles. The third kappa shape index (κ3) is 4.55. The lowest BCUT2D eigenvalue weighted by Crippen LogP contribution is -3.10. The molecule has 3 rings (SSSR count). The Kier molecular flexibility index (Phi) is 6.06. The van der Waals surface area contributed by atoms with E-state index in [2.05, 4.69) is 18.3 Å². The van der Waals surface area contributed by atoms with Gasteiger partial charge in [0.15, 0.2) is 11.6 Å². The van der Waals surface area contributed by atoms with Crippen molar-refractivity contribution in [2.45, 2.75) is 13.0 Å². The molecule has 2 aromatic carbocycles. The quantitative estimate of drug-likeness (QED) is 0.670. The fraction of sp³-hybridized carbons (Fsp3) is 0.286. The molecule has 3 aromatic rings. The second-order valence-corrected chi connectivity index (χ2v) is 8.15. The topological polar surface area (TPSA) is 66.7 Å². The summed E-state index contributed by atoms with van der Waals surface area (Å²) < 4.78 is 1.16. The summed E-state index contributed by atoms with van der Waals surface area (Å²) in [6.07, 6.45) is 0. The van der Waals surface area contributed by atoms with Crippen molar-refractivity contribution >= 4 is 39.1 Å². The number of carbonyl (C=O) groups is 2. The summed E-state index contributed by atoms with van der Waals surface area (Å²) in [7, 11) is 5.42. The summed E-state index contributed by atoms with van der Waals surface area (Å²) in [6.45, 7) is 2.41. The first-order valence-electron chi connectivity index (χ1n) is 9.14. The molecule has 2 atom stereocenters. The molecular formula is C21H25N4O2S+. The van der Waals surface area contributed by atoms with Gasteiger partial charge in [-0.15, -0.1) is 11.3 Å². The molecule has 7 heteroatoms. The number of aromatic nitrogens is 1. The Balaban J connectivity index is 1.60. The Morgan fingerprint density at radius 1 is 1.14 bits per heavy atom. The number of benzene rings is 2. The molecule has 146 valence electrons. The molecule has 0 bridgehead atoms. The zero-order valence-electron chi connectivity index (χ0n) is 16.5. The minimum absolute atomic E-state index is 0.0632. The number of quaternary nitrogens is 1. The minimum atomic E-state index is -0.0721. The second-order valence-electron chi connectivity index (χ2n) is 7.09. The monoisotopic (exact) mass is 397 g/mol. The Hall–Kier alpha value is -2.77. The maximum absolute atomic E-state index is 12.4. The van der Waals surface area contributed by atoms with Crippen molar-refractivity contribution in [1.29, 1.82) is 0 Å². The van der Waals surface area contributed by atoms with Crippen molar-refractivity contribution in [2.75, 3.05) is 33.0 Å². The van der Waals surface area contributed by atoms with Crippen molar-refractivity contribution in [3.8, 4) is 0 Å². The molecule has 28 heavy (non-hydrogen) atoms. The van der Waals surface area contributed by atoms with Crippen molar-refractivity contribution in [3.05, 3.63) is 59.1 Å². The van der Waals surface area contributed by atoms with Gasteiger partial charge >= 0.3 is 0 Å². The molecule has 0 saturated carbocycles. The van der Waals surface area contributed by atoms with Crippen molar-refractivity contribution in [3.63, 3.8) is 0 Å². The average Bonchev–Trinajstić information content (AvgIpc) is 3.11. The molecule has 0 radical (unpaired) electrons. The predicted octanol–water partition coefficient (Wildman–Crippen LogP) is 2.21. The van der Waals surface area contributed by atoms with E-state index < -0.39 is 0 Å². The number of hydrogen-bond donors (Lipinski definition) is 2. The Labute approximate surface area is 168 Å². The van der Waals surface area contributed by atoms with Gasteiger partial charge in [0.05, 0.1) is 17.3 Å². The maximum Gasteiger partial charge on any atom is 0.279 e. The van der Waals surface area contributed by atoms with Gasteiger partial charge in [-0.25, -0.2) is 4.98 Å². The van der Waals surface area contributed by atoms with Crippen LogP contribution in [0.5, 0.6) is 0 Å². The number of amides is 2. The lowest BCUT2D eigenvalue weighted by molar-refractivity contribution is -0.902. The van der Waals surface area contributed by atoms with Crippen LogP contribution in [-0.2, 0) is 4.79 Å². The van der Waals surface area contributed by atoms with E-state index in [0.29, 0.717) is 17.8 Å². The molecule has 1 heterocycles. The molecule has 0 saturated heterocycles. The number of thiazole rings is 1. The number of nitrogens with one attached hydrogen (secondary N) is 2. The van der Waals surface area contributed by atoms with Gasteiger partial charge in [0, 0.05) is 25.3 Å². The summed E-state index contributed by atoms with van der Waals surface area (Å²) >= 11 is 1.67. The molecule has 6 nitrogen and oxygen atoms in total. The zero-order chi connectivity index (χ0) is 20.3. The molecule has 0 fully saturated rings. The fourth-order valence-corrected chi connectivity index (χ4v) is 3.96. The van der Waals surface area contributed by atoms with E-state index in [1.807, 2.05) is 25.2 Å². The highest BCUT2D eigenvalue weighted by molar-refractivity contribution is 7.18. The summed E-state index contributed by atoms with van der Waals surface area (Å²) in [6, 6.07) is 15.1. The van der Waals surface area contributed by atoms with Gasteiger partial charge in [-0.1, -0.05) is 12.1 Å². The van der Waals surface area contributed by atoms with Crippen LogP contribution in [0, 0.1) is 0 Å². The normalized spacial score (nSPS) is 13.1. The highest BCUT2D eigenvalue weighted by Crippen LogP contribution is 2.24. The van der Waals surface area contributed by atoms with E-state index in [1.165, 1.54) is 4.90 Å². The number of nitrogens with zero attached hydrogens (tertiary/aromatic N) is 2. The number of hydrogen-bond acceptors (Lipinski definition) is 4. The van der Waals surface area contributed by atoms with E-state index in [9.17, 15) is 9.59 Å². The van der Waals surface area contributed by atoms with Crippen LogP contribution in [0.3, 0.4) is 0 Å². The number of likely N-dealkylation sites (N-methyl/N-ethyl adjacent to an activating group) is 1. The first-order chi connectivity index (χ1) is 13.3. The Morgan fingerprint density at radius 2 is 1.82 bits per heavy atom. The van der Waals surface area contributed by atoms with Crippen molar-refractivity contribution in [1.82, 2.24) is 9.88 Å². The predicted molar refractivity (Wildman–Crippen MR) is 113 cm³/mol. The zero-order valence-corrected chi connectivity index (χ0v) is 17.3. The number of rotatable bonds is 6. The smallest absolute Gasteiger partial charge is 0.279 e. The van der Waals surface area contributed by atoms with Crippen LogP contribution in [0.1, 0.15) is 28.3 Å². The van der Waals surface area contributed by atoms with Gasteiger partial charge in [0.2, 0.25) is 0 Å². The lowest BCUT2D eigenvalue weighted by Gasteiger charge is -2.19. The van der Waals surface area contributed by atoms with Crippen LogP contribution in [0.25, 0.3) is 10.2 Å². The molecule has 2 N–H and O–H groups in total. The van der Waals surface area contributed by atoms with Crippen molar-refractivity contribution in [2.24, 2.45) is 0 Å². The number of fused-ring (bicyclic) bond motifs is 1. The SMILES string of the molecule is C[C@H](c1nc2ccccc2s1)[NH+](C)CC(=O)Nc1ccc(C(=O)N(C)C)cc1. The standard InChI is InChI=1S/C21H24N4O2S/c1-14(20-23-17-7-5-6-8-18(17)28-20)25(4)13-19(26)22-16-11-9-15(10-12-16)21(27)24(2)3/h5-12,14H,13H2,1-4H3,(H,22,26)/p+1/t14-/m1/s1. The average molecular weight is 398 g/mol. The van der Waals surface area contributed by atoms with E-state index in [0.717, 1.165) is 20.1 Å². The van der Waals surface area contributed by atoms with Gasteiger partial charge in [0.1, 0.15) is 6.04 Å². The third-order valence-electron chi connectivity index (χ3n) is 4.68. The van der Waals surface area contributed by atoms with E-state index in [1.54, 1.807) is 49.7 Å². The summed E-state index contributed by atoms with van der Waals surface area (Å²) in [5, 5.41) is 3.93. The van der Waals surface area contributed by atoms with Gasteiger partial charge in [-0.2, -0.15) is 0 Å². The Bertz CT molecular complexity index is 948. The highest BCUT2D eigenvalue weighted by Gasteiger charge is 2.22. The molecule has 0 aliphatic rings. The summed E-state index contributed by atoms with van der Waals surface area (Å²) in [5.74, 6) is -0.135. The van der Waals surface area contributed by atoms with Crippen LogP contribution < -0.4 is 10.2 Å². The summed E-state index contributed by atoms with van der Waals surface area (Å²) in [4.78, 5) is 31.6. The number of anilines is 1. The highest BCUT2D eigenvalue weighted by atomic mass is 32.1. The van der Waals surface area contributed by atoms with Gasteiger partial charge in [-0.05, 0) is 43.3 Å². The third-order valence-corrected chi connectivity index (χ3v) is 5.90. The molecule has 0 spiro atoms. The molecular weight excluding hydrogens is 372 g/mol. The van der Waals surface area contributed by atoms with Crippen LogP contribution in [0.4, 0.5) is 5.69 Å². The second kappa shape index (κ2) is 8.50. The van der Waals surface area contributed by atoms with E-state index in [4.69, 9.17) is 4.98 Å². The van der Waals surface area contributed by atoms with Gasteiger partial charge < -0.3 is 15.1 Å². The molecule has 2 amide bonds. The number of para-hydroxylation sites is 1. The minimum Gasteiger partial charge on any atom is -0.345 e. The van der Waals surface area contributed by atoms with Gasteiger partial charge in [0.25, 0.3) is 11.8 Å². The van der Waals surface area contributed by atoms with Crippen molar-refractivity contribution < 1.29 is 14.5 Å². The first-order valence-corrected chi connectivity index (χ1v) is 9.96. The lowest BCUT2D eigenvalue weighted by atomic mass is 10.2. The van der Waals surface area contributed by atoms with Crippen LogP contribution >= 0.6 is 11.3 Å². The number of carbonyl (C=O) groups excluding carboxylic acids is 2. The van der Waals surface area contributed by atoms with Crippen LogP contribution in [0.2, 0.25) is 0 Å². The first kappa shape index (κ1) is 20.0.